The zero-order valence-corrected chi connectivity index (χ0v) is 25.2. The molecule has 1 N–H and O–H groups in total. The second-order valence-corrected chi connectivity index (χ2v) is 13.5. The molecule has 8 heteroatoms. The third kappa shape index (κ3) is 7.00. The molecule has 2 heterocycles. The number of nitrogens with zero attached hydrogens (tertiary/aromatic N) is 2. The van der Waals surface area contributed by atoms with E-state index in [2.05, 4.69) is 84.9 Å². The van der Waals surface area contributed by atoms with Crippen LogP contribution in [0.4, 0.5) is 5.69 Å². The molecule has 1 aliphatic heterocycles. The van der Waals surface area contributed by atoms with Gasteiger partial charge in [-0.2, -0.15) is 4.57 Å². The van der Waals surface area contributed by atoms with Gasteiger partial charge in [0.25, 0.3) is 5.01 Å². The monoisotopic (exact) mass is 586 g/mol. The van der Waals surface area contributed by atoms with E-state index < -0.39 is 11.9 Å². The molecule has 0 atom stereocenters. The normalized spacial score (nSPS) is 18.4. The van der Waals surface area contributed by atoms with E-state index in [1.807, 2.05) is 18.2 Å². The van der Waals surface area contributed by atoms with Crippen LogP contribution in [0.1, 0.15) is 50.1 Å². The second-order valence-electron chi connectivity index (χ2n) is 11.4. The van der Waals surface area contributed by atoms with Gasteiger partial charge >= 0.3 is 5.97 Å². The minimum atomic E-state index is -1.05. The van der Waals surface area contributed by atoms with Crippen LogP contribution in [0.2, 0.25) is 0 Å². The quantitative estimate of drug-likeness (QED) is 0.298. The maximum Gasteiger partial charge on any atom is 0.309 e. The summed E-state index contributed by atoms with van der Waals surface area (Å²) in [4.78, 5) is 25.7. The fraction of sp³-hybridized carbons (Fsp3) is 0.303. The zero-order chi connectivity index (χ0) is 29.1. The molecular formula is C33H34N2O4S2. The van der Waals surface area contributed by atoms with E-state index in [1.54, 1.807) is 23.1 Å². The number of allylic oxidation sites excluding steroid dienone is 6. The third-order valence-electron chi connectivity index (χ3n) is 7.23. The zero-order valence-electron chi connectivity index (χ0n) is 23.6. The molecule has 0 amide bonds. The predicted molar refractivity (Wildman–Crippen MR) is 165 cm³/mol. The van der Waals surface area contributed by atoms with Gasteiger partial charge in [-0.15, -0.1) is 0 Å². The van der Waals surface area contributed by atoms with Crippen molar-refractivity contribution in [3.8, 4) is 0 Å². The second kappa shape index (κ2) is 12.1. The summed E-state index contributed by atoms with van der Waals surface area (Å²) in [5.41, 5.74) is 5.79. The SMILES string of the molecule is Cc1ccc2c(c1)sc(/C=C/C1=CC(=C/C=C3\Sc4ccccc4N3CCC(=O)[O-])/CC(C)(C)C1)[n+]2CCC(=O)O. The molecule has 6 nitrogen and oxygen atoms in total. The fourth-order valence-electron chi connectivity index (χ4n) is 5.46. The number of carboxylic acid groups (broad SMARTS) is 2. The van der Waals surface area contributed by atoms with Gasteiger partial charge in [0.15, 0.2) is 6.54 Å². The van der Waals surface area contributed by atoms with Gasteiger partial charge in [0.05, 0.1) is 10.7 Å². The molecule has 1 aliphatic carbocycles. The van der Waals surface area contributed by atoms with Gasteiger partial charge in [-0.05, 0) is 66.2 Å². The number of thioether (sulfide) groups is 1. The Morgan fingerprint density at radius 1 is 1.10 bits per heavy atom. The molecule has 1 aromatic heterocycles. The van der Waals surface area contributed by atoms with Gasteiger partial charge in [0, 0.05) is 36.0 Å². The first-order valence-electron chi connectivity index (χ1n) is 13.8. The number of benzene rings is 2. The van der Waals surface area contributed by atoms with E-state index in [1.165, 1.54) is 16.7 Å². The molecule has 0 saturated carbocycles. The Bertz CT molecular complexity index is 1630. The molecule has 0 fully saturated rings. The Balaban J connectivity index is 1.44. The molecule has 41 heavy (non-hydrogen) atoms. The highest BCUT2D eigenvalue weighted by Crippen LogP contribution is 2.46. The van der Waals surface area contributed by atoms with Crippen molar-refractivity contribution < 1.29 is 24.4 Å². The van der Waals surface area contributed by atoms with E-state index in [0.717, 1.165) is 43.7 Å². The average molecular weight is 587 g/mol. The van der Waals surface area contributed by atoms with Crippen LogP contribution in [0.3, 0.4) is 0 Å². The maximum absolute atomic E-state index is 11.3. The Labute approximate surface area is 249 Å². The number of carbonyl (C=O) groups excluding carboxylic acids is 1. The van der Waals surface area contributed by atoms with E-state index >= 15 is 0 Å². The number of anilines is 1. The van der Waals surface area contributed by atoms with Crippen molar-refractivity contribution in [2.75, 3.05) is 11.4 Å². The first kappa shape index (κ1) is 28.9. The molecule has 212 valence electrons. The molecule has 5 rings (SSSR count). The lowest BCUT2D eigenvalue weighted by atomic mass is 9.75. The first-order chi connectivity index (χ1) is 19.6. The smallest absolute Gasteiger partial charge is 0.309 e. The number of para-hydroxylation sites is 1. The van der Waals surface area contributed by atoms with Crippen molar-refractivity contribution >= 4 is 57.0 Å². The molecule has 0 bridgehead atoms. The molecule has 0 radical (unpaired) electrons. The number of aliphatic carboxylic acids is 2. The number of carbonyl (C=O) groups is 2. The largest absolute Gasteiger partial charge is 0.550 e. The van der Waals surface area contributed by atoms with Gasteiger partial charge in [0.2, 0.25) is 5.52 Å². The van der Waals surface area contributed by atoms with Crippen LogP contribution >= 0.6 is 23.1 Å². The van der Waals surface area contributed by atoms with Crippen LogP contribution in [0, 0.1) is 12.3 Å². The Morgan fingerprint density at radius 3 is 2.68 bits per heavy atom. The van der Waals surface area contributed by atoms with E-state index in [0.29, 0.717) is 13.1 Å². The third-order valence-corrected chi connectivity index (χ3v) is 9.47. The number of thiazole rings is 1. The van der Waals surface area contributed by atoms with Crippen molar-refractivity contribution in [1.82, 2.24) is 0 Å². The minimum Gasteiger partial charge on any atom is -0.550 e. The van der Waals surface area contributed by atoms with Crippen molar-refractivity contribution in [3.05, 3.63) is 93.5 Å². The minimum absolute atomic E-state index is 0.0333. The average Bonchev–Trinajstić information content (AvgIpc) is 3.44. The first-order valence-corrected chi connectivity index (χ1v) is 15.4. The van der Waals surface area contributed by atoms with Crippen LogP contribution in [0.25, 0.3) is 16.3 Å². The Kier molecular flexibility index (Phi) is 8.52. The number of rotatable bonds is 9. The number of aromatic nitrogens is 1. The van der Waals surface area contributed by atoms with Crippen molar-refractivity contribution in [3.63, 3.8) is 0 Å². The molecule has 2 aromatic carbocycles. The van der Waals surface area contributed by atoms with Crippen molar-refractivity contribution in [1.29, 1.82) is 0 Å². The summed E-state index contributed by atoms with van der Waals surface area (Å²) < 4.78 is 3.26. The molecular weight excluding hydrogens is 553 g/mol. The molecule has 0 unspecified atom stereocenters. The lowest BCUT2D eigenvalue weighted by Gasteiger charge is -2.30. The number of fused-ring (bicyclic) bond motifs is 2. The highest BCUT2D eigenvalue weighted by atomic mass is 32.2. The van der Waals surface area contributed by atoms with Crippen LogP contribution in [0.15, 0.2) is 87.8 Å². The van der Waals surface area contributed by atoms with E-state index in [9.17, 15) is 19.8 Å². The summed E-state index contributed by atoms with van der Waals surface area (Å²) in [6.45, 7) is 7.41. The highest BCUT2D eigenvalue weighted by Gasteiger charge is 2.27. The fourth-order valence-corrected chi connectivity index (χ4v) is 7.74. The summed E-state index contributed by atoms with van der Waals surface area (Å²) in [5, 5.41) is 22.5. The van der Waals surface area contributed by atoms with Gasteiger partial charge in [0.1, 0.15) is 11.1 Å². The van der Waals surface area contributed by atoms with Crippen LogP contribution in [0.5, 0.6) is 0 Å². The lowest BCUT2D eigenvalue weighted by molar-refractivity contribution is -0.667. The standard InChI is InChI=1S/C33H34N2O4S2/c1-22-8-11-26-28(18-22)41-30(35(26)17-15-32(38)39)13-10-24-19-23(20-33(2,3)21-24)9-12-29-34(16-14-31(36)37)25-6-4-5-7-27(25)40-29/h4-13,18-19H,14-17,20-21H2,1-3H3,(H-,36,37,38,39). The van der Waals surface area contributed by atoms with Crippen LogP contribution in [-0.4, -0.2) is 23.6 Å². The number of hydrogen-bond donors (Lipinski definition) is 1. The summed E-state index contributed by atoms with van der Waals surface area (Å²) in [5.74, 6) is -1.86. The molecule has 0 spiro atoms. The van der Waals surface area contributed by atoms with Gasteiger partial charge < -0.3 is 19.9 Å². The number of aryl methyl sites for hydroxylation is 2. The summed E-state index contributed by atoms with van der Waals surface area (Å²) >= 11 is 3.34. The van der Waals surface area contributed by atoms with Crippen LogP contribution in [-0.2, 0) is 16.1 Å². The van der Waals surface area contributed by atoms with Crippen molar-refractivity contribution in [2.45, 2.75) is 57.9 Å². The summed E-state index contributed by atoms with van der Waals surface area (Å²) in [6.07, 6.45) is 12.7. The molecule has 3 aromatic rings. The summed E-state index contributed by atoms with van der Waals surface area (Å²) in [7, 11) is 0. The van der Waals surface area contributed by atoms with Gasteiger partial charge in [-0.25, -0.2) is 0 Å². The maximum atomic E-state index is 11.3. The highest BCUT2D eigenvalue weighted by molar-refractivity contribution is 8.03. The molecule has 0 saturated heterocycles. The number of hydrogen-bond acceptors (Lipinski definition) is 6. The number of carboxylic acids is 2. The van der Waals surface area contributed by atoms with E-state index in [4.69, 9.17) is 0 Å². The molecule has 2 aliphatic rings. The Morgan fingerprint density at radius 2 is 1.90 bits per heavy atom. The summed E-state index contributed by atoms with van der Waals surface area (Å²) in [6, 6.07) is 14.4. The van der Waals surface area contributed by atoms with E-state index in [-0.39, 0.29) is 18.3 Å². The Hall–Kier alpha value is -3.62. The predicted octanol–water partition coefficient (Wildman–Crippen LogP) is 6.25. The van der Waals surface area contributed by atoms with Crippen molar-refractivity contribution in [2.24, 2.45) is 5.41 Å². The van der Waals surface area contributed by atoms with Gasteiger partial charge in [-0.1, -0.05) is 73.4 Å². The van der Waals surface area contributed by atoms with Gasteiger partial charge in [-0.3, -0.25) is 4.79 Å². The van der Waals surface area contributed by atoms with Crippen LogP contribution < -0.4 is 14.6 Å². The lowest BCUT2D eigenvalue weighted by Crippen LogP contribution is -2.36. The topological polar surface area (TPSA) is 84.6 Å².